The highest BCUT2D eigenvalue weighted by atomic mass is 16.5. The molecule has 0 saturated carbocycles. The van der Waals surface area contributed by atoms with Crippen molar-refractivity contribution in [1.82, 2.24) is 4.57 Å². The molecule has 2 aromatic heterocycles. The van der Waals surface area contributed by atoms with Gasteiger partial charge >= 0.3 is 0 Å². The van der Waals surface area contributed by atoms with Crippen LogP contribution >= 0.6 is 0 Å². The normalized spacial score (nSPS) is 12.0. The summed E-state index contributed by atoms with van der Waals surface area (Å²) in [5.74, 6) is 1.68. The summed E-state index contributed by atoms with van der Waals surface area (Å²) >= 11 is 0. The van der Waals surface area contributed by atoms with Gasteiger partial charge in [0, 0.05) is 26.9 Å². The van der Waals surface area contributed by atoms with E-state index in [-0.39, 0.29) is 23.0 Å². The number of pyridine rings is 1. The summed E-state index contributed by atoms with van der Waals surface area (Å²) in [7, 11) is 0. The van der Waals surface area contributed by atoms with E-state index < -0.39 is 0 Å². The van der Waals surface area contributed by atoms with E-state index in [2.05, 4.69) is 27.7 Å². The van der Waals surface area contributed by atoms with Crippen molar-refractivity contribution in [2.75, 3.05) is 0 Å². The number of rotatable bonds is 5. The van der Waals surface area contributed by atoms with Gasteiger partial charge in [-0.05, 0) is 76.9 Å². The molecule has 0 spiro atoms. The Morgan fingerprint density at radius 3 is 1.85 bits per heavy atom. The molecular formula is C36H29NO4. The minimum absolute atomic E-state index is 0.137. The first-order valence-electron chi connectivity index (χ1n) is 14.0. The second kappa shape index (κ2) is 9.34. The number of hydrogen-bond donors (Lipinski definition) is 0. The Labute approximate surface area is 236 Å². The zero-order valence-corrected chi connectivity index (χ0v) is 23.4. The molecule has 2 heterocycles. The summed E-state index contributed by atoms with van der Waals surface area (Å²) in [6.45, 7) is 8.36. The topological polar surface area (TPSA) is 61.4 Å². The van der Waals surface area contributed by atoms with Crippen LogP contribution in [0.4, 0.5) is 0 Å². The highest BCUT2D eigenvalue weighted by Gasteiger charge is 2.24. The van der Waals surface area contributed by atoms with E-state index in [0.717, 1.165) is 33.0 Å². The van der Waals surface area contributed by atoms with Crippen LogP contribution in [0.15, 0.2) is 105 Å². The lowest BCUT2D eigenvalue weighted by atomic mass is 9.91. The van der Waals surface area contributed by atoms with E-state index in [9.17, 15) is 9.59 Å². The summed E-state index contributed by atoms with van der Waals surface area (Å²) < 4.78 is 13.8. The monoisotopic (exact) mass is 539 g/mol. The van der Waals surface area contributed by atoms with Gasteiger partial charge in [-0.15, -0.1) is 0 Å². The molecule has 0 N–H and O–H groups in total. The van der Waals surface area contributed by atoms with Crippen molar-refractivity contribution in [2.45, 2.75) is 39.5 Å². The highest BCUT2D eigenvalue weighted by molar-refractivity contribution is 6.26. The summed E-state index contributed by atoms with van der Waals surface area (Å²) in [5, 5.41) is 4.16. The molecule has 0 saturated heterocycles. The molecule has 0 aliphatic rings. The fourth-order valence-corrected chi connectivity index (χ4v) is 6.05. The largest absolute Gasteiger partial charge is 0.457 e. The molecule has 7 rings (SSSR count). The third-order valence-corrected chi connectivity index (χ3v) is 8.00. The molecule has 0 radical (unpaired) electrons. The molecule has 5 nitrogen and oxygen atoms in total. The Balaban J connectivity index is 1.55. The number of aromatic nitrogens is 1. The van der Waals surface area contributed by atoms with Crippen LogP contribution in [-0.4, -0.2) is 4.57 Å². The Hall–Kier alpha value is -4.90. The van der Waals surface area contributed by atoms with Crippen LogP contribution in [0.3, 0.4) is 0 Å². The number of ether oxygens (including phenoxy) is 1. The van der Waals surface area contributed by atoms with E-state index in [1.165, 1.54) is 4.57 Å². The molecule has 0 amide bonds. The average molecular weight is 540 g/mol. The van der Waals surface area contributed by atoms with Gasteiger partial charge in [0.05, 0.1) is 5.69 Å². The third kappa shape index (κ3) is 3.84. The van der Waals surface area contributed by atoms with Crippen molar-refractivity contribution in [3.63, 3.8) is 0 Å². The van der Waals surface area contributed by atoms with Crippen LogP contribution in [0, 0.1) is 0 Å². The fourth-order valence-electron chi connectivity index (χ4n) is 6.05. The summed E-state index contributed by atoms with van der Waals surface area (Å²) in [6.07, 6.45) is 0. The Morgan fingerprint density at radius 1 is 0.585 bits per heavy atom. The lowest BCUT2D eigenvalue weighted by molar-refractivity contribution is 0.483. The molecule has 0 bridgehead atoms. The SMILES string of the molecule is CC(C)c1cccc(C(C)C)c1-n1c(=O)c2ccc3oc4ccc(Oc5ccccc5)cc4c4ccc(c1=O)c2c34. The van der Waals surface area contributed by atoms with Crippen molar-refractivity contribution in [1.29, 1.82) is 0 Å². The molecule has 0 unspecified atom stereocenters. The first-order valence-corrected chi connectivity index (χ1v) is 14.0. The molecule has 7 aromatic rings. The third-order valence-electron chi connectivity index (χ3n) is 8.00. The Morgan fingerprint density at radius 2 is 1.20 bits per heavy atom. The van der Waals surface area contributed by atoms with E-state index in [0.29, 0.717) is 38.8 Å². The lowest BCUT2D eigenvalue weighted by Crippen LogP contribution is -2.33. The zero-order chi connectivity index (χ0) is 28.4. The predicted octanol–water partition coefficient (Wildman–Crippen LogP) is 8.88. The second-order valence-electron chi connectivity index (χ2n) is 11.2. The van der Waals surface area contributed by atoms with Gasteiger partial charge in [-0.3, -0.25) is 9.59 Å². The summed E-state index contributed by atoms with van der Waals surface area (Å²) in [4.78, 5) is 28.5. The number of fused-ring (bicyclic) bond motifs is 2. The van der Waals surface area contributed by atoms with Gasteiger partial charge in [0.2, 0.25) is 0 Å². The first-order chi connectivity index (χ1) is 19.8. The Bertz CT molecular complexity index is 2160. The quantitative estimate of drug-likeness (QED) is 0.162. The van der Waals surface area contributed by atoms with E-state index in [1.54, 1.807) is 6.07 Å². The van der Waals surface area contributed by atoms with Crippen LogP contribution in [-0.2, 0) is 0 Å². The summed E-state index contributed by atoms with van der Waals surface area (Å²) in [5.41, 5.74) is 3.37. The zero-order valence-electron chi connectivity index (χ0n) is 23.4. The first kappa shape index (κ1) is 25.1. The van der Waals surface area contributed by atoms with Gasteiger partial charge in [-0.25, -0.2) is 4.57 Å². The maximum atomic E-state index is 14.2. The second-order valence-corrected chi connectivity index (χ2v) is 11.2. The molecule has 0 aliphatic carbocycles. The minimum Gasteiger partial charge on any atom is -0.457 e. The maximum Gasteiger partial charge on any atom is 0.266 e. The minimum atomic E-state index is -0.312. The van der Waals surface area contributed by atoms with E-state index in [1.807, 2.05) is 84.9 Å². The van der Waals surface area contributed by atoms with E-state index in [4.69, 9.17) is 9.15 Å². The molecular weight excluding hydrogens is 510 g/mol. The number of hydrogen-bond acceptors (Lipinski definition) is 4. The van der Waals surface area contributed by atoms with Crippen molar-refractivity contribution >= 4 is 43.5 Å². The maximum absolute atomic E-state index is 14.2. The lowest BCUT2D eigenvalue weighted by Gasteiger charge is -2.21. The van der Waals surface area contributed by atoms with Gasteiger partial charge in [0.1, 0.15) is 22.7 Å². The van der Waals surface area contributed by atoms with Crippen molar-refractivity contribution in [3.8, 4) is 17.2 Å². The molecule has 41 heavy (non-hydrogen) atoms. The van der Waals surface area contributed by atoms with Crippen molar-refractivity contribution in [3.05, 3.63) is 123 Å². The molecule has 0 aliphatic heterocycles. The van der Waals surface area contributed by atoms with Crippen molar-refractivity contribution in [2.24, 2.45) is 0 Å². The number of para-hydroxylation sites is 2. The fraction of sp³-hybridized carbons (Fsp3) is 0.167. The highest BCUT2D eigenvalue weighted by Crippen LogP contribution is 2.39. The van der Waals surface area contributed by atoms with Crippen LogP contribution in [0.25, 0.3) is 49.2 Å². The van der Waals surface area contributed by atoms with Gasteiger partial charge in [-0.2, -0.15) is 0 Å². The van der Waals surface area contributed by atoms with Gasteiger partial charge < -0.3 is 9.15 Å². The van der Waals surface area contributed by atoms with Crippen LogP contribution in [0.5, 0.6) is 11.5 Å². The standard InChI is InChI=1S/C36H29NO4/c1-20(2)24-11-8-12-25(21(3)4)34(24)37-35(38)27-15-14-26-29-19-23(40-22-9-6-5-7-10-22)13-17-30(29)41-31-18-16-28(36(37)39)32(27)33(26)31/h5-21H,1-4H3. The van der Waals surface area contributed by atoms with E-state index >= 15 is 0 Å². The molecule has 5 aromatic carbocycles. The predicted molar refractivity (Wildman–Crippen MR) is 166 cm³/mol. The molecule has 0 atom stereocenters. The smallest absolute Gasteiger partial charge is 0.266 e. The van der Waals surface area contributed by atoms with Crippen LogP contribution in [0.1, 0.15) is 50.7 Å². The summed E-state index contributed by atoms with van der Waals surface area (Å²) in [6, 6.07) is 28.8. The molecule has 202 valence electrons. The Kier molecular flexibility index (Phi) is 5.72. The average Bonchev–Trinajstić information content (AvgIpc) is 2.97. The van der Waals surface area contributed by atoms with Crippen LogP contribution < -0.4 is 15.9 Å². The van der Waals surface area contributed by atoms with Crippen LogP contribution in [0.2, 0.25) is 0 Å². The number of nitrogens with zero attached hydrogens (tertiary/aromatic N) is 1. The van der Waals surface area contributed by atoms with Gasteiger partial charge in [-0.1, -0.05) is 70.2 Å². The van der Waals surface area contributed by atoms with Gasteiger partial charge in [0.15, 0.2) is 0 Å². The molecule has 0 fully saturated rings. The molecule has 5 heteroatoms. The van der Waals surface area contributed by atoms with Crippen molar-refractivity contribution < 1.29 is 9.15 Å². The van der Waals surface area contributed by atoms with Gasteiger partial charge in [0.25, 0.3) is 11.1 Å². The number of benzene rings is 5.